The second kappa shape index (κ2) is 7.57. The minimum absolute atomic E-state index is 0.0624. The van der Waals surface area contributed by atoms with Gasteiger partial charge in [0.05, 0.1) is 12.7 Å². The molecule has 126 valence electrons. The van der Waals surface area contributed by atoms with Crippen LogP contribution < -0.4 is 10.1 Å². The van der Waals surface area contributed by atoms with Crippen molar-refractivity contribution in [3.8, 4) is 5.75 Å². The van der Waals surface area contributed by atoms with Crippen molar-refractivity contribution in [2.75, 3.05) is 13.7 Å². The van der Waals surface area contributed by atoms with Gasteiger partial charge in [-0.25, -0.2) is 0 Å². The average molecular weight is 344 g/mol. The van der Waals surface area contributed by atoms with Crippen molar-refractivity contribution in [2.24, 2.45) is 5.18 Å². The van der Waals surface area contributed by atoms with Gasteiger partial charge >= 0.3 is 0 Å². The van der Waals surface area contributed by atoms with Crippen LogP contribution in [0.3, 0.4) is 0 Å². The molecule has 0 aliphatic heterocycles. The minimum Gasteiger partial charge on any atom is -0.497 e. The fraction of sp³-hybridized carbons (Fsp3) is 0.389. The summed E-state index contributed by atoms with van der Waals surface area (Å²) >= 11 is 1.48. The molecule has 24 heavy (non-hydrogen) atoms. The lowest BCUT2D eigenvalue weighted by molar-refractivity contribution is 0.0953. The summed E-state index contributed by atoms with van der Waals surface area (Å²) in [6.07, 6.45) is 3.31. The lowest BCUT2D eigenvalue weighted by Crippen LogP contribution is -2.26. The van der Waals surface area contributed by atoms with E-state index in [1.165, 1.54) is 11.3 Å². The lowest BCUT2D eigenvalue weighted by Gasteiger charge is -2.17. The number of nitroso groups, excluding NO2 is 1. The Morgan fingerprint density at radius 3 is 2.88 bits per heavy atom. The topological polar surface area (TPSA) is 67.8 Å². The molecule has 0 bridgehead atoms. The van der Waals surface area contributed by atoms with Crippen LogP contribution in [0, 0.1) is 4.91 Å². The molecule has 1 aliphatic rings. The van der Waals surface area contributed by atoms with Gasteiger partial charge in [-0.15, -0.1) is 11.3 Å². The maximum absolute atomic E-state index is 12.4. The molecule has 0 radical (unpaired) electrons. The van der Waals surface area contributed by atoms with Gasteiger partial charge in [-0.2, -0.15) is 4.91 Å². The van der Waals surface area contributed by atoms with Gasteiger partial charge < -0.3 is 10.1 Å². The van der Waals surface area contributed by atoms with Crippen molar-refractivity contribution < 1.29 is 9.53 Å². The zero-order chi connectivity index (χ0) is 16.9. The number of nitrogens with one attached hydrogen (secondary N) is 1. The fourth-order valence-electron chi connectivity index (χ4n) is 3.04. The Labute approximate surface area is 145 Å². The third kappa shape index (κ3) is 3.48. The molecule has 1 aromatic carbocycles. The highest BCUT2D eigenvalue weighted by atomic mass is 32.1. The van der Waals surface area contributed by atoms with E-state index >= 15 is 0 Å². The first kappa shape index (κ1) is 16.6. The number of methoxy groups -OCH3 is 1. The SMILES string of the molecule is COc1ccc(CCNC(=O)c2csc3c2CCCC3N=O)cc1. The Balaban J connectivity index is 1.59. The second-order valence-electron chi connectivity index (χ2n) is 5.86. The van der Waals surface area contributed by atoms with Crippen LogP contribution in [0.1, 0.15) is 45.2 Å². The summed E-state index contributed by atoms with van der Waals surface area (Å²) in [7, 11) is 1.64. The number of ether oxygens (including phenoxy) is 1. The highest BCUT2D eigenvalue weighted by Gasteiger charge is 2.27. The molecular formula is C18H20N2O3S. The van der Waals surface area contributed by atoms with Crippen molar-refractivity contribution >= 4 is 17.2 Å². The van der Waals surface area contributed by atoms with Crippen molar-refractivity contribution in [1.82, 2.24) is 5.32 Å². The zero-order valence-electron chi connectivity index (χ0n) is 13.6. The van der Waals surface area contributed by atoms with E-state index in [-0.39, 0.29) is 11.9 Å². The third-order valence-corrected chi connectivity index (χ3v) is 5.49. The molecule has 0 fully saturated rings. The number of amides is 1. The number of carbonyl (C=O) groups excluding carboxylic acids is 1. The molecule has 0 saturated carbocycles. The van der Waals surface area contributed by atoms with E-state index in [0.717, 1.165) is 47.4 Å². The second-order valence-corrected chi connectivity index (χ2v) is 6.77. The number of fused-ring (bicyclic) bond motifs is 1. The van der Waals surface area contributed by atoms with Gasteiger partial charge in [-0.3, -0.25) is 4.79 Å². The number of carbonyl (C=O) groups is 1. The van der Waals surface area contributed by atoms with Gasteiger partial charge in [-0.05, 0) is 48.9 Å². The quantitative estimate of drug-likeness (QED) is 0.809. The van der Waals surface area contributed by atoms with E-state index in [2.05, 4.69) is 10.5 Å². The molecular weight excluding hydrogens is 324 g/mol. The van der Waals surface area contributed by atoms with E-state index in [0.29, 0.717) is 12.1 Å². The van der Waals surface area contributed by atoms with Gasteiger partial charge in [0.1, 0.15) is 11.8 Å². The van der Waals surface area contributed by atoms with Crippen LogP contribution in [-0.2, 0) is 12.8 Å². The molecule has 1 amide bonds. The summed E-state index contributed by atoms with van der Waals surface area (Å²) in [5.74, 6) is 0.763. The number of benzene rings is 1. The maximum Gasteiger partial charge on any atom is 0.252 e. The third-order valence-electron chi connectivity index (χ3n) is 4.36. The average Bonchev–Trinajstić information content (AvgIpc) is 3.06. The zero-order valence-corrected chi connectivity index (χ0v) is 14.4. The first-order valence-corrected chi connectivity index (χ1v) is 8.94. The van der Waals surface area contributed by atoms with Crippen molar-refractivity contribution in [3.05, 3.63) is 56.1 Å². The predicted octanol–water partition coefficient (Wildman–Crippen LogP) is 3.87. The summed E-state index contributed by atoms with van der Waals surface area (Å²) in [6, 6.07) is 7.55. The fourth-order valence-corrected chi connectivity index (χ4v) is 4.20. The number of hydrogen-bond acceptors (Lipinski definition) is 5. The van der Waals surface area contributed by atoms with Crippen LogP contribution in [0.4, 0.5) is 0 Å². The molecule has 1 N–H and O–H groups in total. The van der Waals surface area contributed by atoms with Crippen molar-refractivity contribution in [3.63, 3.8) is 0 Å². The lowest BCUT2D eigenvalue weighted by atomic mass is 9.92. The molecule has 1 heterocycles. The molecule has 5 nitrogen and oxygen atoms in total. The van der Waals surface area contributed by atoms with Gasteiger partial charge in [0.15, 0.2) is 0 Å². The van der Waals surface area contributed by atoms with Crippen LogP contribution in [0.25, 0.3) is 0 Å². The molecule has 1 unspecified atom stereocenters. The van der Waals surface area contributed by atoms with Crippen molar-refractivity contribution in [1.29, 1.82) is 0 Å². The van der Waals surface area contributed by atoms with Crippen LogP contribution in [0.2, 0.25) is 0 Å². The number of thiophene rings is 1. The summed E-state index contributed by atoms with van der Waals surface area (Å²) in [5.41, 5.74) is 2.87. The Kier molecular flexibility index (Phi) is 5.25. The molecule has 6 heteroatoms. The molecule has 0 spiro atoms. The molecule has 1 aromatic heterocycles. The normalized spacial score (nSPS) is 16.3. The number of nitrogens with zero attached hydrogens (tertiary/aromatic N) is 1. The first-order valence-electron chi connectivity index (χ1n) is 8.06. The monoisotopic (exact) mass is 344 g/mol. The van der Waals surface area contributed by atoms with Crippen LogP contribution in [0.5, 0.6) is 5.75 Å². The van der Waals surface area contributed by atoms with Gasteiger partial charge in [0.25, 0.3) is 5.91 Å². The predicted molar refractivity (Wildman–Crippen MR) is 94.8 cm³/mol. The first-order chi connectivity index (χ1) is 11.7. The van der Waals surface area contributed by atoms with Gasteiger partial charge in [-0.1, -0.05) is 17.3 Å². The van der Waals surface area contributed by atoms with E-state index in [9.17, 15) is 9.70 Å². The molecule has 3 rings (SSSR count). The largest absolute Gasteiger partial charge is 0.497 e. The Hall–Kier alpha value is -2.21. The van der Waals surface area contributed by atoms with Crippen LogP contribution >= 0.6 is 11.3 Å². The minimum atomic E-state index is -0.278. The van der Waals surface area contributed by atoms with E-state index in [4.69, 9.17) is 4.74 Å². The standard InChI is InChI=1S/C18H20N2O3S/c1-23-13-7-5-12(6-8-13)9-10-19-18(21)15-11-24-17-14(15)3-2-4-16(17)20-22/h5-8,11,16H,2-4,9-10H2,1H3,(H,19,21). The van der Waals surface area contributed by atoms with E-state index in [1.54, 1.807) is 7.11 Å². The number of hydrogen-bond donors (Lipinski definition) is 1. The highest BCUT2D eigenvalue weighted by molar-refractivity contribution is 7.10. The van der Waals surface area contributed by atoms with Crippen LogP contribution in [-0.4, -0.2) is 19.6 Å². The van der Waals surface area contributed by atoms with E-state index < -0.39 is 0 Å². The van der Waals surface area contributed by atoms with Gasteiger partial charge in [0.2, 0.25) is 0 Å². The maximum atomic E-state index is 12.4. The summed E-state index contributed by atoms with van der Waals surface area (Å²) < 4.78 is 5.13. The summed E-state index contributed by atoms with van der Waals surface area (Å²) in [6.45, 7) is 0.575. The molecule has 1 atom stereocenters. The van der Waals surface area contributed by atoms with Crippen molar-refractivity contribution in [2.45, 2.75) is 31.7 Å². The van der Waals surface area contributed by atoms with Gasteiger partial charge in [0, 0.05) is 16.8 Å². The Bertz CT molecular complexity index is 724. The smallest absolute Gasteiger partial charge is 0.252 e. The van der Waals surface area contributed by atoms with E-state index in [1.807, 2.05) is 29.6 Å². The summed E-state index contributed by atoms with van der Waals surface area (Å²) in [5, 5.41) is 8.03. The molecule has 0 saturated heterocycles. The molecule has 2 aromatic rings. The molecule has 1 aliphatic carbocycles. The Morgan fingerprint density at radius 1 is 1.38 bits per heavy atom. The summed E-state index contributed by atoms with van der Waals surface area (Å²) in [4.78, 5) is 24.3. The Morgan fingerprint density at radius 2 is 2.17 bits per heavy atom. The highest BCUT2D eigenvalue weighted by Crippen LogP contribution is 2.38. The number of rotatable bonds is 6. The van der Waals surface area contributed by atoms with Crippen LogP contribution in [0.15, 0.2) is 34.8 Å².